The van der Waals surface area contributed by atoms with Crippen molar-refractivity contribution in [3.8, 4) is 0 Å². The molecule has 2 heterocycles. The third-order valence-corrected chi connectivity index (χ3v) is 4.54. The molecule has 6 nitrogen and oxygen atoms in total. The average Bonchev–Trinajstić information content (AvgIpc) is 2.60. The number of fused-ring (bicyclic) bond motifs is 1. The zero-order chi connectivity index (χ0) is 18.1. The molecule has 1 amide bonds. The highest BCUT2D eigenvalue weighted by Crippen LogP contribution is 2.32. The number of carbonyl (C=O) groups excluding carboxylic acids is 1. The Hall–Kier alpha value is -2.47. The van der Waals surface area contributed by atoms with Crippen molar-refractivity contribution in [3.63, 3.8) is 0 Å². The van der Waals surface area contributed by atoms with Gasteiger partial charge in [0.05, 0.1) is 11.2 Å². The molecule has 1 aliphatic heterocycles. The summed E-state index contributed by atoms with van der Waals surface area (Å²) in [5, 5.41) is 9.83. The summed E-state index contributed by atoms with van der Waals surface area (Å²) in [6, 6.07) is 6.23. The van der Waals surface area contributed by atoms with Crippen LogP contribution in [0.15, 0.2) is 30.5 Å². The second kappa shape index (κ2) is 6.80. The Morgan fingerprint density at radius 3 is 2.72 bits per heavy atom. The molecule has 0 bridgehead atoms. The van der Waals surface area contributed by atoms with Crippen LogP contribution in [0.3, 0.4) is 0 Å². The van der Waals surface area contributed by atoms with Gasteiger partial charge >= 0.3 is 5.97 Å². The Morgan fingerprint density at radius 2 is 2.04 bits per heavy atom. The Morgan fingerprint density at radius 1 is 1.32 bits per heavy atom. The van der Waals surface area contributed by atoms with Crippen molar-refractivity contribution in [2.75, 3.05) is 6.54 Å². The molecule has 3 rings (SSSR count). The minimum atomic E-state index is -1.07. The fraction of sp³-hybridized carbons (Fsp3) is 0.333. The highest BCUT2D eigenvalue weighted by Gasteiger charge is 2.37. The monoisotopic (exact) mass is 359 g/mol. The maximum Gasteiger partial charge on any atom is 0.331 e. The molecule has 1 aliphatic rings. The fourth-order valence-corrected chi connectivity index (χ4v) is 3.17. The van der Waals surface area contributed by atoms with Crippen molar-refractivity contribution in [1.82, 2.24) is 14.9 Å². The smallest absolute Gasteiger partial charge is 0.331 e. The minimum Gasteiger partial charge on any atom is -0.479 e. The lowest BCUT2D eigenvalue weighted by Gasteiger charge is -2.34. The van der Waals surface area contributed by atoms with Crippen LogP contribution in [0.4, 0.5) is 0 Å². The van der Waals surface area contributed by atoms with Crippen LogP contribution in [0, 0.1) is 0 Å². The van der Waals surface area contributed by atoms with Gasteiger partial charge in [-0.15, -0.1) is 0 Å². The Balaban J connectivity index is 2.03. The maximum atomic E-state index is 13.0. The molecule has 0 radical (unpaired) electrons. The molecule has 1 aromatic carbocycles. The first-order valence-corrected chi connectivity index (χ1v) is 8.42. The van der Waals surface area contributed by atoms with Crippen molar-refractivity contribution in [3.05, 3.63) is 58.1 Å². The van der Waals surface area contributed by atoms with Crippen LogP contribution in [0.25, 0.3) is 0 Å². The number of benzene rings is 1. The summed E-state index contributed by atoms with van der Waals surface area (Å²) in [6.45, 7) is 4.12. The third-order valence-electron chi connectivity index (χ3n) is 4.26. The zero-order valence-corrected chi connectivity index (χ0v) is 14.7. The van der Waals surface area contributed by atoms with Gasteiger partial charge < -0.3 is 10.0 Å². The highest BCUT2D eigenvalue weighted by molar-refractivity contribution is 6.33. The van der Waals surface area contributed by atoms with Gasteiger partial charge in [0, 0.05) is 12.5 Å². The van der Waals surface area contributed by atoms with E-state index in [2.05, 4.69) is 9.97 Å². The molecule has 1 N–H and O–H groups in total. The molecule has 1 atom stereocenters. The normalized spacial score (nSPS) is 16.6. The molecule has 2 aromatic rings. The van der Waals surface area contributed by atoms with Gasteiger partial charge in [-0.25, -0.2) is 14.8 Å². The standard InChI is InChI=1S/C18H18ClN3O3/c1-10(2)16-20-9-13(19)14(21-16)17(23)22-8-7-11-5-3-4-6-12(11)15(22)18(24)25/h3-6,9-10,15H,7-8H2,1-2H3,(H,24,25). The topological polar surface area (TPSA) is 83.4 Å². The number of carboxylic acid groups (broad SMARTS) is 1. The van der Waals surface area contributed by atoms with Crippen molar-refractivity contribution in [2.24, 2.45) is 0 Å². The van der Waals surface area contributed by atoms with Crippen LogP contribution in [-0.2, 0) is 11.2 Å². The lowest BCUT2D eigenvalue weighted by atomic mass is 9.92. The van der Waals surface area contributed by atoms with Gasteiger partial charge in [0.25, 0.3) is 5.91 Å². The number of halogens is 1. The number of aromatic nitrogens is 2. The quantitative estimate of drug-likeness (QED) is 0.910. The van der Waals surface area contributed by atoms with Crippen LogP contribution < -0.4 is 0 Å². The van der Waals surface area contributed by atoms with E-state index < -0.39 is 17.9 Å². The minimum absolute atomic E-state index is 0.0289. The summed E-state index contributed by atoms with van der Waals surface area (Å²) in [5.41, 5.74) is 1.62. The van der Waals surface area contributed by atoms with E-state index in [0.717, 1.165) is 5.56 Å². The van der Waals surface area contributed by atoms with Crippen molar-refractivity contribution in [2.45, 2.75) is 32.2 Å². The second-order valence-corrected chi connectivity index (χ2v) is 6.67. The van der Waals surface area contributed by atoms with Crippen molar-refractivity contribution < 1.29 is 14.7 Å². The molecular formula is C18H18ClN3O3. The largest absolute Gasteiger partial charge is 0.479 e. The third kappa shape index (κ3) is 3.22. The van der Waals surface area contributed by atoms with Crippen LogP contribution >= 0.6 is 11.6 Å². The van der Waals surface area contributed by atoms with Gasteiger partial charge in [-0.05, 0) is 17.5 Å². The Labute approximate surface area is 150 Å². The number of hydrogen-bond acceptors (Lipinski definition) is 4. The molecule has 1 unspecified atom stereocenters. The molecule has 0 saturated carbocycles. The van der Waals surface area contributed by atoms with E-state index in [-0.39, 0.29) is 16.6 Å². The van der Waals surface area contributed by atoms with E-state index in [4.69, 9.17) is 11.6 Å². The van der Waals surface area contributed by atoms with Gasteiger partial charge in [0.2, 0.25) is 0 Å². The maximum absolute atomic E-state index is 13.0. The molecular weight excluding hydrogens is 342 g/mol. The zero-order valence-electron chi connectivity index (χ0n) is 13.9. The van der Waals surface area contributed by atoms with E-state index in [0.29, 0.717) is 24.4 Å². The molecule has 25 heavy (non-hydrogen) atoms. The fourth-order valence-electron chi connectivity index (χ4n) is 3.00. The van der Waals surface area contributed by atoms with Crippen LogP contribution in [0.1, 0.15) is 53.2 Å². The average molecular weight is 360 g/mol. The molecule has 0 saturated heterocycles. The van der Waals surface area contributed by atoms with Crippen molar-refractivity contribution in [1.29, 1.82) is 0 Å². The summed E-state index contributed by atoms with van der Waals surface area (Å²) in [7, 11) is 0. The summed E-state index contributed by atoms with van der Waals surface area (Å²) in [4.78, 5) is 34.6. The van der Waals surface area contributed by atoms with Gasteiger partial charge in [-0.1, -0.05) is 49.7 Å². The molecule has 0 fully saturated rings. The lowest BCUT2D eigenvalue weighted by molar-refractivity contribution is -0.143. The number of carbonyl (C=O) groups is 2. The summed E-state index contributed by atoms with van der Waals surface area (Å²) in [6.07, 6.45) is 1.98. The number of rotatable bonds is 3. The Kier molecular flexibility index (Phi) is 4.72. The Bertz CT molecular complexity index is 838. The van der Waals surface area contributed by atoms with E-state index in [1.54, 1.807) is 12.1 Å². The first-order valence-electron chi connectivity index (χ1n) is 8.04. The molecule has 0 spiro atoms. The molecule has 7 heteroatoms. The van der Waals surface area contributed by atoms with E-state index >= 15 is 0 Å². The van der Waals surface area contributed by atoms with Crippen LogP contribution in [0.2, 0.25) is 5.02 Å². The van der Waals surface area contributed by atoms with E-state index in [1.807, 2.05) is 26.0 Å². The van der Waals surface area contributed by atoms with Crippen molar-refractivity contribution >= 4 is 23.5 Å². The predicted octanol–water partition coefficient (Wildman–Crippen LogP) is 3.08. The van der Waals surface area contributed by atoms with Gasteiger partial charge in [0.1, 0.15) is 5.82 Å². The lowest BCUT2D eigenvalue weighted by Crippen LogP contribution is -2.44. The molecule has 1 aromatic heterocycles. The molecule has 0 aliphatic carbocycles. The SMILES string of the molecule is CC(C)c1ncc(Cl)c(C(=O)N2CCc3ccccc3C2C(=O)O)n1. The highest BCUT2D eigenvalue weighted by atomic mass is 35.5. The predicted molar refractivity (Wildman–Crippen MR) is 92.7 cm³/mol. The van der Waals surface area contributed by atoms with Gasteiger partial charge in [-0.3, -0.25) is 4.79 Å². The first-order chi connectivity index (χ1) is 11.9. The summed E-state index contributed by atoms with van der Waals surface area (Å²) in [5.74, 6) is -1.04. The van der Waals surface area contributed by atoms with Crippen LogP contribution in [0.5, 0.6) is 0 Å². The first kappa shape index (κ1) is 17.4. The van der Waals surface area contributed by atoms with Gasteiger partial charge in [-0.2, -0.15) is 0 Å². The number of nitrogens with zero attached hydrogens (tertiary/aromatic N) is 3. The summed E-state index contributed by atoms with van der Waals surface area (Å²) >= 11 is 6.12. The number of aliphatic carboxylic acids is 1. The number of amides is 1. The summed E-state index contributed by atoms with van der Waals surface area (Å²) < 4.78 is 0. The van der Waals surface area contributed by atoms with Crippen LogP contribution in [-0.4, -0.2) is 38.4 Å². The molecule has 130 valence electrons. The van der Waals surface area contributed by atoms with Gasteiger partial charge in [0.15, 0.2) is 11.7 Å². The van der Waals surface area contributed by atoms with E-state index in [1.165, 1.54) is 11.1 Å². The number of carboxylic acids is 1. The van der Waals surface area contributed by atoms with E-state index in [9.17, 15) is 14.7 Å². The second-order valence-electron chi connectivity index (χ2n) is 6.27. The number of hydrogen-bond donors (Lipinski definition) is 1.